The van der Waals surface area contributed by atoms with Gasteiger partial charge in [-0.3, -0.25) is 9.58 Å². The number of sulfone groups is 1. The first-order valence-electron chi connectivity index (χ1n) is 10.5. The Kier molecular flexibility index (Phi) is 5.29. The van der Waals surface area contributed by atoms with E-state index in [4.69, 9.17) is 4.84 Å². The number of oxime groups is 1. The highest BCUT2D eigenvalue weighted by atomic mass is 32.2. The highest BCUT2D eigenvalue weighted by molar-refractivity contribution is 7.92. The Morgan fingerprint density at radius 3 is 2.52 bits per heavy atom. The predicted molar refractivity (Wildman–Crippen MR) is 119 cm³/mol. The van der Waals surface area contributed by atoms with Crippen LogP contribution in [-0.4, -0.2) is 60.1 Å². The Morgan fingerprint density at radius 2 is 1.88 bits per heavy atom. The molecule has 0 saturated carbocycles. The second-order valence-electron chi connectivity index (χ2n) is 8.48. The Morgan fingerprint density at radius 1 is 1.15 bits per heavy atom. The molecule has 172 valence electrons. The fourth-order valence-corrected chi connectivity index (χ4v) is 5.89. The second kappa shape index (κ2) is 8.03. The molecule has 3 aromatic rings. The highest BCUT2D eigenvalue weighted by Gasteiger charge is 2.53. The molecule has 0 aliphatic carbocycles. The summed E-state index contributed by atoms with van der Waals surface area (Å²) in [4.78, 5) is 6.94. The molecule has 0 radical (unpaired) electrons. The molecule has 0 amide bonds. The SMILES string of the molecule is CN1CC(F)(S(=O)(=O)c2ccc(-c3ccc(C4=NO[C@@H](Cn5cccn5)C4)cc3F)cc2)C1. The molecule has 33 heavy (non-hydrogen) atoms. The summed E-state index contributed by atoms with van der Waals surface area (Å²) >= 11 is 0. The summed E-state index contributed by atoms with van der Waals surface area (Å²) < 4.78 is 56.6. The molecule has 2 aromatic carbocycles. The molecule has 1 aromatic heterocycles. The molecule has 7 nitrogen and oxygen atoms in total. The minimum absolute atomic E-state index is 0.112. The van der Waals surface area contributed by atoms with Crippen molar-refractivity contribution in [2.75, 3.05) is 20.1 Å². The van der Waals surface area contributed by atoms with Crippen LogP contribution >= 0.6 is 0 Å². The van der Waals surface area contributed by atoms with Gasteiger partial charge in [0, 0.05) is 43.0 Å². The van der Waals surface area contributed by atoms with Gasteiger partial charge in [-0.25, -0.2) is 17.2 Å². The molecule has 2 aliphatic heterocycles. The van der Waals surface area contributed by atoms with Gasteiger partial charge >= 0.3 is 0 Å². The zero-order chi connectivity index (χ0) is 23.2. The molecule has 3 heterocycles. The average Bonchev–Trinajstić information content (AvgIpc) is 3.45. The Hall–Kier alpha value is -3.11. The van der Waals surface area contributed by atoms with E-state index >= 15 is 0 Å². The van der Waals surface area contributed by atoms with Gasteiger partial charge in [0.05, 0.1) is 17.2 Å². The van der Waals surface area contributed by atoms with Crippen LogP contribution in [0.15, 0.2) is 71.0 Å². The van der Waals surface area contributed by atoms with Crippen molar-refractivity contribution in [1.82, 2.24) is 14.7 Å². The largest absolute Gasteiger partial charge is 0.390 e. The molecule has 5 rings (SSSR count). The van der Waals surface area contributed by atoms with Crippen molar-refractivity contribution in [2.45, 2.75) is 29.0 Å². The Labute approximate surface area is 190 Å². The molecular formula is C23H22F2N4O3S. The Bertz CT molecular complexity index is 1300. The van der Waals surface area contributed by atoms with Crippen molar-refractivity contribution >= 4 is 15.5 Å². The molecular weight excluding hydrogens is 450 g/mol. The topological polar surface area (TPSA) is 76.8 Å². The van der Waals surface area contributed by atoms with Crippen LogP contribution in [0.2, 0.25) is 0 Å². The van der Waals surface area contributed by atoms with Crippen LogP contribution in [0.3, 0.4) is 0 Å². The lowest BCUT2D eigenvalue weighted by molar-refractivity contribution is 0.0528. The summed E-state index contributed by atoms with van der Waals surface area (Å²) in [5.41, 5.74) is 2.08. The zero-order valence-corrected chi connectivity index (χ0v) is 18.7. The molecule has 10 heteroatoms. The van der Waals surface area contributed by atoms with Crippen LogP contribution in [-0.2, 0) is 21.2 Å². The van der Waals surface area contributed by atoms with Crippen LogP contribution < -0.4 is 0 Å². The molecule has 1 saturated heterocycles. The van der Waals surface area contributed by atoms with Gasteiger partial charge in [0.2, 0.25) is 14.8 Å². The van der Waals surface area contributed by atoms with Crippen molar-refractivity contribution in [3.8, 4) is 11.1 Å². The van der Waals surface area contributed by atoms with E-state index < -0.39 is 20.7 Å². The molecule has 0 unspecified atom stereocenters. The summed E-state index contributed by atoms with van der Waals surface area (Å²) in [5.74, 6) is -0.469. The maximum absolute atomic E-state index is 14.9. The number of rotatable bonds is 6. The lowest BCUT2D eigenvalue weighted by atomic mass is 9.99. The molecule has 0 N–H and O–H groups in total. The van der Waals surface area contributed by atoms with Crippen LogP contribution in [0.5, 0.6) is 0 Å². The maximum atomic E-state index is 14.9. The number of hydrogen-bond donors (Lipinski definition) is 0. The third-order valence-electron chi connectivity index (χ3n) is 5.95. The lowest BCUT2D eigenvalue weighted by Crippen LogP contribution is -2.61. The first-order valence-corrected chi connectivity index (χ1v) is 12.0. The van der Waals surface area contributed by atoms with E-state index in [2.05, 4.69) is 10.3 Å². The van der Waals surface area contributed by atoms with E-state index in [0.717, 1.165) is 0 Å². The summed E-state index contributed by atoms with van der Waals surface area (Å²) in [7, 11) is -2.47. The van der Waals surface area contributed by atoms with E-state index in [1.807, 2.05) is 12.3 Å². The predicted octanol–water partition coefficient (Wildman–Crippen LogP) is 3.27. The molecule has 2 aliphatic rings. The van der Waals surface area contributed by atoms with Gasteiger partial charge in [-0.15, -0.1) is 0 Å². The van der Waals surface area contributed by atoms with E-state index in [0.29, 0.717) is 35.4 Å². The normalized spacial score (nSPS) is 20.2. The fraction of sp³-hybridized carbons (Fsp3) is 0.304. The average molecular weight is 473 g/mol. The van der Waals surface area contributed by atoms with Crippen molar-refractivity contribution in [3.05, 3.63) is 72.3 Å². The molecule has 1 fully saturated rings. The van der Waals surface area contributed by atoms with E-state index in [1.54, 1.807) is 35.0 Å². The van der Waals surface area contributed by atoms with Crippen molar-refractivity contribution in [3.63, 3.8) is 0 Å². The third kappa shape index (κ3) is 3.93. The minimum Gasteiger partial charge on any atom is -0.390 e. The van der Waals surface area contributed by atoms with Gasteiger partial charge in [0.1, 0.15) is 5.82 Å². The summed E-state index contributed by atoms with van der Waals surface area (Å²) in [6.45, 7) is 0.222. The first-order chi connectivity index (χ1) is 15.7. The van der Waals surface area contributed by atoms with Crippen LogP contribution in [0, 0.1) is 5.82 Å². The van der Waals surface area contributed by atoms with Gasteiger partial charge in [0.25, 0.3) is 0 Å². The first kappa shape index (κ1) is 21.7. The quantitative estimate of drug-likeness (QED) is 0.551. The summed E-state index contributed by atoms with van der Waals surface area (Å²) in [6.07, 6.45) is 3.88. The van der Waals surface area contributed by atoms with E-state index in [-0.39, 0.29) is 24.1 Å². The van der Waals surface area contributed by atoms with Crippen molar-refractivity contribution in [1.29, 1.82) is 0 Å². The monoisotopic (exact) mass is 472 g/mol. The molecule has 1 atom stereocenters. The van der Waals surface area contributed by atoms with Crippen LogP contribution in [0.1, 0.15) is 12.0 Å². The van der Waals surface area contributed by atoms with E-state index in [1.165, 1.54) is 30.3 Å². The smallest absolute Gasteiger partial charge is 0.240 e. The lowest BCUT2D eigenvalue weighted by Gasteiger charge is -2.41. The van der Waals surface area contributed by atoms with Crippen LogP contribution in [0.25, 0.3) is 11.1 Å². The second-order valence-corrected chi connectivity index (χ2v) is 10.7. The van der Waals surface area contributed by atoms with Crippen LogP contribution in [0.4, 0.5) is 8.78 Å². The number of benzene rings is 2. The maximum Gasteiger partial charge on any atom is 0.240 e. The molecule has 0 bridgehead atoms. The van der Waals surface area contributed by atoms with Crippen molar-refractivity contribution < 1.29 is 22.0 Å². The summed E-state index contributed by atoms with van der Waals surface area (Å²) in [5, 5.41) is 5.96. The number of nitrogens with zero attached hydrogens (tertiary/aromatic N) is 4. The Balaban J connectivity index is 1.31. The van der Waals surface area contributed by atoms with Gasteiger partial charge in [-0.2, -0.15) is 5.10 Å². The number of alkyl halides is 1. The van der Waals surface area contributed by atoms with Gasteiger partial charge in [0.15, 0.2) is 6.10 Å². The van der Waals surface area contributed by atoms with Gasteiger partial charge in [-0.05, 0) is 36.9 Å². The number of halogens is 2. The third-order valence-corrected chi connectivity index (χ3v) is 8.07. The van der Waals surface area contributed by atoms with Crippen molar-refractivity contribution in [2.24, 2.45) is 5.16 Å². The zero-order valence-electron chi connectivity index (χ0n) is 17.9. The standard InChI is InChI=1S/C23H22F2N4O3S/c1-28-14-23(25,15-28)33(30,31)19-6-3-16(4-7-19)20-8-5-17(11-21(20)24)22-12-18(32-27-22)13-29-10-2-9-26-29/h2-11,18H,12-15H2,1H3/t18-/m1/s1. The van der Waals surface area contributed by atoms with Gasteiger partial charge < -0.3 is 4.84 Å². The van der Waals surface area contributed by atoms with E-state index in [9.17, 15) is 17.2 Å². The molecule has 0 spiro atoms. The highest BCUT2D eigenvalue weighted by Crippen LogP contribution is 2.36. The number of likely N-dealkylation sites (tertiary alicyclic amines) is 1. The summed E-state index contributed by atoms with van der Waals surface area (Å²) in [6, 6.07) is 12.2. The van der Waals surface area contributed by atoms with Gasteiger partial charge in [-0.1, -0.05) is 29.4 Å². The number of hydrogen-bond acceptors (Lipinski definition) is 6. The minimum atomic E-state index is -4.12. The number of aromatic nitrogens is 2. The fourth-order valence-electron chi connectivity index (χ4n) is 4.20.